The van der Waals surface area contributed by atoms with E-state index >= 15 is 0 Å². The van der Waals surface area contributed by atoms with Crippen LogP contribution in [0, 0.1) is 0 Å². The van der Waals surface area contributed by atoms with Crippen molar-refractivity contribution in [1.82, 2.24) is 15.1 Å². The van der Waals surface area contributed by atoms with Crippen molar-refractivity contribution in [2.24, 2.45) is 0 Å². The third kappa shape index (κ3) is 4.42. The number of carbonyl (C=O) groups excluding carboxylic acids is 4. The van der Waals surface area contributed by atoms with Gasteiger partial charge in [-0.15, -0.1) is 0 Å². The molecule has 0 aromatic heterocycles. The number of nitrogens with one attached hydrogen (secondary N) is 2. The molecule has 2 heterocycles. The van der Waals surface area contributed by atoms with Gasteiger partial charge in [0.05, 0.1) is 0 Å². The van der Waals surface area contributed by atoms with Crippen LogP contribution in [0.4, 0.5) is 10.5 Å². The monoisotopic (exact) mass is 474 g/mol. The highest BCUT2D eigenvalue weighted by atomic mass is 35.5. The first kappa shape index (κ1) is 22.1. The summed E-state index contributed by atoms with van der Waals surface area (Å²) in [5, 5.41) is 5.85. The van der Waals surface area contributed by atoms with E-state index in [-0.39, 0.29) is 37.4 Å². The molecule has 1 unspecified atom stereocenters. The molecular formula is C22H20Cl2N4O4. The van der Waals surface area contributed by atoms with Crippen LogP contribution < -0.4 is 10.6 Å². The Labute approximate surface area is 194 Å². The van der Waals surface area contributed by atoms with Crippen molar-refractivity contribution in [1.29, 1.82) is 0 Å². The largest absolute Gasteiger partial charge is 0.323 e. The van der Waals surface area contributed by atoms with Gasteiger partial charge in [-0.2, -0.15) is 0 Å². The van der Waals surface area contributed by atoms with E-state index in [9.17, 15) is 19.2 Å². The minimum Gasteiger partial charge on any atom is -0.323 e. The highest BCUT2D eigenvalue weighted by Gasteiger charge is 2.39. The number of amides is 5. The molecule has 0 aliphatic carbocycles. The maximum absolute atomic E-state index is 12.9. The van der Waals surface area contributed by atoms with Gasteiger partial charge in [-0.25, -0.2) is 4.79 Å². The Morgan fingerprint density at radius 3 is 2.59 bits per heavy atom. The fraction of sp³-hybridized carbons (Fsp3) is 0.273. The molecule has 2 aliphatic rings. The summed E-state index contributed by atoms with van der Waals surface area (Å²) in [6, 6.07) is 9.01. The lowest BCUT2D eigenvalue weighted by Crippen LogP contribution is -2.52. The van der Waals surface area contributed by atoms with Crippen LogP contribution in [0.15, 0.2) is 36.4 Å². The average molecular weight is 475 g/mol. The van der Waals surface area contributed by atoms with Crippen LogP contribution >= 0.6 is 23.2 Å². The normalized spacial score (nSPS) is 17.8. The molecule has 2 aromatic carbocycles. The highest BCUT2D eigenvalue weighted by Crippen LogP contribution is 2.30. The molecule has 2 aromatic rings. The van der Waals surface area contributed by atoms with E-state index in [1.807, 2.05) is 6.07 Å². The summed E-state index contributed by atoms with van der Waals surface area (Å²) < 4.78 is 0. The molecule has 2 N–H and O–H groups in total. The van der Waals surface area contributed by atoms with Crippen molar-refractivity contribution in [3.63, 3.8) is 0 Å². The van der Waals surface area contributed by atoms with Crippen molar-refractivity contribution in [3.8, 4) is 0 Å². The van der Waals surface area contributed by atoms with E-state index in [4.69, 9.17) is 23.2 Å². The number of nitrogens with zero attached hydrogens (tertiary/aromatic N) is 2. The van der Waals surface area contributed by atoms with E-state index < -0.39 is 11.9 Å². The van der Waals surface area contributed by atoms with Crippen LogP contribution in [0.2, 0.25) is 10.0 Å². The Morgan fingerprint density at radius 1 is 1.19 bits per heavy atom. The molecule has 2 aliphatic heterocycles. The number of benzene rings is 2. The smallest absolute Gasteiger partial charge is 0.321 e. The van der Waals surface area contributed by atoms with Gasteiger partial charge < -0.3 is 15.1 Å². The van der Waals surface area contributed by atoms with Crippen LogP contribution in [-0.4, -0.2) is 46.6 Å². The highest BCUT2D eigenvalue weighted by molar-refractivity contribution is 6.35. The molecule has 0 saturated carbocycles. The molecule has 0 radical (unpaired) electrons. The van der Waals surface area contributed by atoms with Crippen LogP contribution in [0.25, 0.3) is 0 Å². The standard InChI is InChI=1S/C22H20Cl2N4O4/c1-27(22(32)25-15-8-13(23)7-14(24)9-15)10-12-3-2-4-16-17(12)11-28(21(16)31)18-5-6-19(29)26-20(18)30/h2-4,7-9,18H,5-6,10-11H2,1H3,(H,25,32)(H,26,29,30). The number of halogens is 2. The zero-order valence-corrected chi connectivity index (χ0v) is 18.7. The first-order valence-electron chi connectivity index (χ1n) is 9.96. The molecule has 0 bridgehead atoms. The Balaban J connectivity index is 1.49. The molecule has 1 saturated heterocycles. The van der Waals surface area contributed by atoms with Crippen molar-refractivity contribution >= 4 is 52.6 Å². The van der Waals surface area contributed by atoms with E-state index in [0.29, 0.717) is 27.7 Å². The van der Waals surface area contributed by atoms with Crippen molar-refractivity contribution in [2.45, 2.75) is 32.0 Å². The Kier molecular flexibility index (Phi) is 6.08. The van der Waals surface area contributed by atoms with Gasteiger partial charge in [0.25, 0.3) is 5.91 Å². The molecule has 8 nitrogen and oxygen atoms in total. The third-order valence-electron chi connectivity index (χ3n) is 5.55. The number of imide groups is 1. The SMILES string of the molecule is CN(Cc1cccc2c1CN(C1CCC(=O)NC1=O)C2=O)C(=O)Nc1cc(Cl)cc(Cl)c1. The van der Waals surface area contributed by atoms with Crippen LogP contribution in [0.3, 0.4) is 0 Å². The van der Waals surface area contributed by atoms with Gasteiger partial charge in [0.15, 0.2) is 0 Å². The number of hydrogen-bond acceptors (Lipinski definition) is 4. The predicted molar refractivity (Wildman–Crippen MR) is 119 cm³/mol. The quantitative estimate of drug-likeness (QED) is 0.663. The van der Waals surface area contributed by atoms with Gasteiger partial charge >= 0.3 is 6.03 Å². The molecule has 32 heavy (non-hydrogen) atoms. The van der Waals surface area contributed by atoms with Gasteiger partial charge in [0.1, 0.15) is 6.04 Å². The maximum atomic E-state index is 12.9. The lowest BCUT2D eigenvalue weighted by Gasteiger charge is -2.29. The van der Waals surface area contributed by atoms with Crippen molar-refractivity contribution in [2.75, 3.05) is 12.4 Å². The number of rotatable bonds is 4. The lowest BCUT2D eigenvalue weighted by atomic mass is 10.0. The van der Waals surface area contributed by atoms with Gasteiger partial charge in [-0.05, 0) is 41.8 Å². The van der Waals surface area contributed by atoms with Gasteiger partial charge in [0.2, 0.25) is 11.8 Å². The summed E-state index contributed by atoms with van der Waals surface area (Å²) in [4.78, 5) is 52.3. The average Bonchev–Trinajstić information content (AvgIpc) is 3.05. The molecule has 5 amide bonds. The first-order chi connectivity index (χ1) is 15.2. The molecule has 0 spiro atoms. The van der Waals surface area contributed by atoms with Crippen molar-refractivity contribution in [3.05, 3.63) is 63.1 Å². The Bertz CT molecular complexity index is 1120. The topological polar surface area (TPSA) is 98.8 Å². The summed E-state index contributed by atoms with van der Waals surface area (Å²) in [6.45, 7) is 0.496. The lowest BCUT2D eigenvalue weighted by molar-refractivity contribution is -0.136. The molecule has 1 atom stereocenters. The first-order valence-corrected chi connectivity index (χ1v) is 10.7. The van der Waals surface area contributed by atoms with E-state index in [1.54, 1.807) is 37.4 Å². The zero-order valence-electron chi connectivity index (χ0n) is 17.2. The predicted octanol–water partition coefficient (Wildman–Crippen LogP) is 3.42. The number of anilines is 1. The summed E-state index contributed by atoms with van der Waals surface area (Å²) in [5.74, 6) is -1.04. The summed E-state index contributed by atoms with van der Waals surface area (Å²) in [6.07, 6.45) is 0.490. The third-order valence-corrected chi connectivity index (χ3v) is 5.98. The zero-order chi connectivity index (χ0) is 23.0. The molecule has 1 fully saturated rings. The van der Waals surface area contributed by atoms with Crippen LogP contribution in [0.1, 0.15) is 34.3 Å². The van der Waals surface area contributed by atoms with Gasteiger partial charge in [-0.3, -0.25) is 19.7 Å². The number of piperidine rings is 1. The maximum Gasteiger partial charge on any atom is 0.321 e. The molecular weight excluding hydrogens is 455 g/mol. The summed E-state index contributed by atoms with van der Waals surface area (Å²) in [7, 11) is 1.63. The van der Waals surface area contributed by atoms with Crippen LogP contribution in [0.5, 0.6) is 0 Å². The number of hydrogen-bond donors (Lipinski definition) is 2. The van der Waals surface area contributed by atoms with Crippen molar-refractivity contribution < 1.29 is 19.2 Å². The fourth-order valence-electron chi connectivity index (χ4n) is 3.97. The number of carbonyl (C=O) groups is 4. The van der Waals surface area contributed by atoms with E-state index in [2.05, 4.69) is 10.6 Å². The molecule has 10 heteroatoms. The minimum atomic E-state index is -0.686. The summed E-state index contributed by atoms with van der Waals surface area (Å²) >= 11 is 12.0. The molecule has 166 valence electrons. The van der Waals surface area contributed by atoms with E-state index in [0.717, 1.165) is 11.1 Å². The second kappa shape index (κ2) is 8.80. The summed E-state index contributed by atoms with van der Waals surface area (Å²) in [5.41, 5.74) is 2.54. The van der Waals surface area contributed by atoms with Gasteiger partial charge in [-0.1, -0.05) is 35.3 Å². The van der Waals surface area contributed by atoms with Crippen LogP contribution in [-0.2, 0) is 22.7 Å². The van der Waals surface area contributed by atoms with E-state index in [1.165, 1.54) is 9.80 Å². The fourth-order valence-corrected chi connectivity index (χ4v) is 4.50. The molecule has 4 rings (SSSR count). The second-order valence-electron chi connectivity index (χ2n) is 7.79. The minimum absolute atomic E-state index is 0.194. The number of fused-ring (bicyclic) bond motifs is 1. The Hall–Kier alpha value is -3.10. The van der Waals surface area contributed by atoms with Gasteiger partial charge in [0, 0.05) is 47.9 Å². The number of urea groups is 1. The second-order valence-corrected chi connectivity index (χ2v) is 8.66. The Morgan fingerprint density at radius 2 is 1.91 bits per heavy atom.